The number of H-pyrrole nitrogens is 2. The summed E-state index contributed by atoms with van der Waals surface area (Å²) in [6, 6.07) is 4.86. The minimum absolute atomic E-state index is 0.181. The van der Waals surface area contributed by atoms with Gasteiger partial charge < -0.3 is 10.1 Å². The number of benzene rings is 1. The summed E-state index contributed by atoms with van der Waals surface area (Å²) in [5, 5.41) is 16.7. The Morgan fingerprint density at radius 3 is 2.73 bits per heavy atom. The lowest BCUT2D eigenvalue weighted by atomic mass is 10.0. The number of nitrogens with zero attached hydrogens (tertiary/aromatic N) is 2. The highest BCUT2D eigenvalue weighted by Gasteiger charge is 2.33. The van der Waals surface area contributed by atoms with Crippen molar-refractivity contribution in [1.82, 2.24) is 19.5 Å². The van der Waals surface area contributed by atoms with Crippen molar-refractivity contribution in [2.45, 2.75) is 31.7 Å². The van der Waals surface area contributed by atoms with Crippen molar-refractivity contribution < 1.29 is 18.3 Å². The lowest BCUT2D eigenvalue weighted by molar-refractivity contribution is 0.0697. The van der Waals surface area contributed by atoms with Crippen molar-refractivity contribution in [2.24, 2.45) is 0 Å². The molecule has 0 bridgehead atoms. The van der Waals surface area contributed by atoms with E-state index in [1.165, 1.54) is 4.31 Å². The van der Waals surface area contributed by atoms with Crippen molar-refractivity contribution in [3.05, 3.63) is 46.4 Å². The fraction of sp³-hybridized carbons (Fsp3) is 0.294. The van der Waals surface area contributed by atoms with Crippen LogP contribution in [0.1, 0.15) is 33.0 Å². The van der Waals surface area contributed by atoms with Gasteiger partial charge in [-0.1, -0.05) is 0 Å². The van der Waals surface area contributed by atoms with Crippen molar-refractivity contribution in [3.63, 3.8) is 0 Å². The quantitative estimate of drug-likeness (QED) is 0.647. The number of fused-ring (bicyclic) bond motifs is 3. The van der Waals surface area contributed by atoms with Crippen molar-refractivity contribution in [3.8, 4) is 0 Å². The number of aryl methyl sites for hydroxylation is 2. The molecule has 0 fully saturated rings. The maximum atomic E-state index is 13.1. The number of carboxylic acid groups (broad SMARTS) is 1. The third kappa shape index (κ3) is 2.43. The summed E-state index contributed by atoms with van der Waals surface area (Å²) in [4.78, 5) is 14.8. The van der Waals surface area contributed by atoms with E-state index >= 15 is 0 Å². The highest BCUT2D eigenvalue weighted by Crippen LogP contribution is 2.32. The number of aromatic nitrogens is 3. The Labute approximate surface area is 149 Å². The molecule has 3 heterocycles. The second-order valence-corrected chi connectivity index (χ2v) is 8.37. The Balaban J connectivity index is 1.79. The predicted molar refractivity (Wildman–Crippen MR) is 94.6 cm³/mol. The Hall–Kier alpha value is -2.65. The number of carboxylic acids is 1. The SMILES string of the molecule is Cc1n[nH]c(C)c1S(=O)(=O)N1CCc2[nH]c3ccc(C(=O)O)cc3c2C1. The van der Waals surface area contributed by atoms with E-state index in [1.54, 1.807) is 32.0 Å². The van der Waals surface area contributed by atoms with E-state index in [9.17, 15) is 18.3 Å². The molecule has 4 rings (SSSR count). The van der Waals surface area contributed by atoms with Gasteiger partial charge in [-0.15, -0.1) is 0 Å². The molecule has 0 unspecified atom stereocenters. The Morgan fingerprint density at radius 2 is 2.08 bits per heavy atom. The molecule has 2 aromatic heterocycles. The first-order valence-electron chi connectivity index (χ1n) is 8.17. The van der Waals surface area contributed by atoms with Gasteiger partial charge in [0.25, 0.3) is 0 Å². The molecule has 0 amide bonds. The topological polar surface area (TPSA) is 119 Å². The third-order valence-electron chi connectivity index (χ3n) is 4.85. The number of sulfonamides is 1. The molecule has 0 atom stereocenters. The standard InChI is InChI=1S/C17H18N4O4S/c1-9-16(10(2)20-19-9)26(24,25)21-6-5-15-13(8-21)12-7-11(17(22)23)3-4-14(12)18-15/h3-4,7,18H,5-6,8H2,1-2H3,(H,19,20)(H,22,23). The average molecular weight is 374 g/mol. The molecule has 8 nitrogen and oxygen atoms in total. The number of aromatic carboxylic acids is 1. The number of nitrogens with one attached hydrogen (secondary N) is 2. The van der Waals surface area contributed by atoms with Gasteiger partial charge in [-0.25, -0.2) is 13.2 Å². The summed E-state index contributed by atoms with van der Waals surface area (Å²) >= 11 is 0. The van der Waals surface area contributed by atoms with Crippen LogP contribution < -0.4 is 0 Å². The molecule has 26 heavy (non-hydrogen) atoms. The molecule has 1 aliphatic heterocycles. The molecule has 0 aliphatic carbocycles. The van der Waals surface area contributed by atoms with Gasteiger partial charge in [0, 0.05) is 36.1 Å². The fourth-order valence-electron chi connectivity index (χ4n) is 3.58. The summed E-state index contributed by atoms with van der Waals surface area (Å²) in [5.74, 6) is -1.01. The van der Waals surface area contributed by atoms with Crippen LogP contribution in [0.2, 0.25) is 0 Å². The second-order valence-electron chi connectivity index (χ2n) is 6.50. The number of hydrogen-bond donors (Lipinski definition) is 3. The summed E-state index contributed by atoms with van der Waals surface area (Å²) in [7, 11) is -3.69. The van der Waals surface area contributed by atoms with Gasteiger partial charge in [-0.3, -0.25) is 5.10 Å². The average Bonchev–Trinajstić information content (AvgIpc) is 3.13. The Morgan fingerprint density at radius 1 is 1.31 bits per heavy atom. The first-order chi connectivity index (χ1) is 12.3. The zero-order chi connectivity index (χ0) is 18.6. The van der Waals surface area contributed by atoms with Crippen LogP contribution in [0, 0.1) is 13.8 Å². The predicted octanol–water partition coefficient (Wildman–Crippen LogP) is 1.95. The second kappa shape index (κ2) is 5.68. The number of carbonyl (C=O) groups is 1. The molecule has 1 aromatic carbocycles. The van der Waals surface area contributed by atoms with Gasteiger partial charge >= 0.3 is 5.97 Å². The largest absolute Gasteiger partial charge is 0.478 e. The Kier molecular flexibility index (Phi) is 3.67. The van der Waals surface area contributed by atoms with Crippen LogP contribution in [-0.2, 0) is 23.0 Å². The van der Waals surface area contributed by atoms with Crippen LogP contribution in [0.3, 0.4) is 0 Å². The highest BCUT2D eigenvalue weighted by molar-refractivity contribution is 7.89. The summed E-state index contributed by atoms with van der Waals surface area (Å²) in [6.07, 6.45) is 0.543. The van der Waals surface area contributed by atoms with Crippen LogP contribution in [-0.4, -0.2) is 45.5 Å². The van der Waals surface area contributed by atoms with Crippen molar-refractivity contribution in [1.29, 1.82) is 0 Å². The minimum atomic E-state index is -3.69. The van der Waals surface area contributed by atoms with E-state index in [0.717, 1.165) is 22.2 Å². The molecule has 3 N–H and O–H groups in total. The zero-order valence-corrected chi connectivity index (χ0v) is 15.1. The maximum absolute atomic E-state index is 13.1. The first kappa shape index (κ1) is 16.8. The molecule has 0 saturated heterocycles. The molecule has 0 spiro atoms. The number of rotatable bonds is 3. The van der Waals surface area contributed by atoms with E-state index in [1.807, 2.05) is 0 Å². The highest BCUT2D eigenvalue weighted by atomic mass is 32.2. The molecule has 1 aliphatic rings. The van der Waals surface area contributed by atoms with Crippen LogP contribution in [0.4, 0.5) is 0 Å². The monoisotopic (exact) mass is 374 g/mol. The molecule has 9 heteroatoms. The maximum Gasteiger partial charge on any atom is 0.335 e. The van der Waals surface area contributed by atoms with E-state index in [-0.39, 0.29) is 17.0 Å². The van der Waals surface area contributed by atoms with E-state index < -0.39 is 16.0 Å². The summed E-state index contributed by atoms with van der Waals surface area (Å²) in [5.41, 5.74) is 3.74. The number of hydrogen-bond acceptors (Lipinski definition) is 4. The van der Waals surface area contributed by atoms with Gasteiger partial charge in [-0.05, 0) is 37.6 Å². The summed E-state index contributed by atoms with van der Waals surface area (Å²) < 4.78 is 27.6. The lowest BCUT2D eigenvalue weighted by Gasteiger charge is -2.26. The molecular formula is C17H18N4O4S. The number of aromatic amines is 2. The first-order valence-corrected chi connectivity index (χ1v) is 9.61. The zero-order valence-electron chi connectivity index (χ0n) is 14.3. The van der Waals surface area contributed by atoms with Crippen LogP contribution in [0.5, 0.6) is 0 Å². The molecule has 0 saturated carbocycles. The van der Waals surface area contributed by atoms with Crippen LogP contribution in [0.15, 0.2) is 23.1 Å². The van der Waals surface area contributed by atoms with Crippen molar-refractivity contribution in [2.75, 3.05) is 6.54 Å². The molecular weight excluding hydrogens is 356 g/mol. The van der Waals surface area contributed by atoms with Gasteiger partial charge in [0.1, 0.15) is 4.90 Å². The van der Waals surface area contributed by atoms with Crippen LogP contribution in [0.25, 0.3) is 10.9 Å². The molecule has 3 aromatic rings. The van der Waals surface area contributed by atoms with E-state index in [4.69, 9.17) is 0 Å². The van der Waals surface area contributed by atoms with Gasteiger partial charge in [0.05, 0.1) is 17.0 Å². The smallest absolute Gasteiger partial charge is 0.335 e. The normalized spacial score (nSPS) is 15.3. The summed E-state index contributed by atoms with van der Waals surface area (Å²) in [6.45, 7) is 3.91. The molecule has 136 valence electrons. The fourth-order valence-corrected chi connectivity index (χ4v) is 5.32. The van der Waals surface area contributed by atoms with Crippen LogP contribution >= 0.6 is 0 Å². The van der Waals surface area contributed by atoms with E-state index in [0.29, 0.717) is 24.4 Å². The van der Waals surface area contributed by atoms with Gasteiger partial charge in [-0.2, -0.15) is 9.40 Å². The lowest BCUT2D eigenvalue weighted by Crippen LogP contribution is -2.36. The Bertz CT molecular complexity index is 1120. The third-order valence-corrected chi connectivity index (χ3v) is 6.95. The van der Waals surface area contributed by atoms with Gasteiger partial charge in [0.15, 0.2) is 0 Å². The van der Waals surface area contributed by atoms with Crippen molar-refractivity contribution >= 4 is 26.9 Å². The van der Waals surface area contributed by atoms with Gasteiger partial charge in [0.2, 0.25) is 10.0 Å². The minimum Gasteiger partial charge on any atom is -0.478 e. The van der Waals surface area contributed by atoms with E-state index in [2.05, 4.69) is 15.2 Å². The molecule has 0 radical (unpaired) electrons.